The smallest absolute Gasteiger partial charge is 0.411 e. The van der Waals surface area contributed by atoms with Gasteiger partial charge >= 0.3 is 6.18 Å². The molecule has 190 valence electrons. The average molecular weight is 522 g/mol. The van der Waals surface area contributed by atoms with Crippen molar-refractivity contribution in [2.75, 3.05) is 6.26 Å². The number of halogens is 3. The van der Waals surface area contributed by atoms with Crippen LogP contribution in [0.4, 0.5) is 13.2 Å². The van der Waals surface area contributed by atoms with Gasteiger partial charge in [0.15, 0.2) is 9.84 Å². The molecule has 0 saturated heterocycles. The molecule has 0 aliphatic carbocycles. The van der Waals surface area contributed by atoms with E-state index >= 15 is 0 Å². The summed E-state index contributed by atoms with van der Waals surface area (Å²) in [5, 5.41) is 14.9. The van der Waals surface area contributed by atoms with Crippen molar-refractivity contribution < 1.29 is 31.6 Å². The first-order valence-corrected chi connectivity index (χ1v) is 12.3. The summed E-state index contributed by atoms with van der Waals surface area (Å²) in [5.41, 5.74) is -1.68. The van der Waals surface area contributed by atoms with Crippen LogP contribution in [0.15, 0.2) is 69.4 Å². The molecule has 0 saturated carbocycles. The van der Waals surface area contributed by atoms with Gasteiger partial charge in [-0.25, -0.2) is 8.42 Å². The van der Waals surface area contributed by atoms with Crippen LogP contribution in [-0.4, -0.2) is 36.1 Å². The second-order valence-electron chi connectivity index (χ2n) is 8.05. The third-order valence-corrected chi connectivity index (χ3v) is 6.52. The van der Waals surface area contributed by atoms with Crippen molar-refractivity contribution in [2.45, 2.75) is 31.5 Å². The molecular weight excluding hydrogens is 499 g/mol. The van der Waals surface area contributed by atoms with E-state index in [1.165, 1.54) is 50.2 Å². The van der Waals surface area contributed by atoms with Crippen molar-refractivity contribution in [3.63, 3.8) is 0 Å². The normalized spacial score (nSPS) is 12.4. The molecule has 0 bridgehead atoms. The number of nitrogens with one attached hydrogen (secondary N) is 1. The molecule has 0 radical (unpaired) electrons. The van der Waals surface area contributed by atoms with Gasteiger partial charge in [0, 0.05) is 29.7 Å². The molecule has 0 spiro atoms. The molecule has 2 N–H and O–H groups in total. The quantitative estimate of drug-likeness (QED) is 0.291. The summed E-state index contributed by atoms with van der Waals surface area (Å²) in [4.78, 5) is 26.6. The van der Waals surface area contributed by atoms with Crippen LogP contribution in [0.2, 0.25) is 0 Å². The highest BCUT2D eigenvalue weighted by molar-refractivity contribution is 7.90. The molecule has 8 nitrogen and oxygen atoms in total. The van der Waals surface area contributed by atoms with Crippen LogP contribution in [0, 0.1) is 6.92 Å². The minimum absolute atomic E-state index is 0.00755. The summed E-state index contributed by atoms with van der Waals surface area (Å²) in [5.74, 6) is -0.856. The van der Waals surface area contributed by atoms with Crippen molar-refractivity contribution in [1.29, 1.82) is 0 Å². The minimum atomic E-state index is -4.64. The highest BCUT2D eigenvalue weighted by Crippen LogP contribution is 2.30. The molecule has 0 aliphatic rings. The molecule has 12 heteroatoms. The van der Waals surface area contributed by atoms with Crippen LogP contribution >= 0.6 is 0 Å². The Balaban J connectivity index is 2.06. The monoisotopic (exact) mass is 521 g/mol. The van der Waals surface area contributed by atoms with Crippen molar-refractivity contribution in [3.8, 4) is 5.69 Å². The van der Waals surface area contributed by atoms with Gasteiger partial charge in [0.1, 0.15) is 5.56 Å². The lowest BCUT2D eigenvalue weighted by molar-refractivity contribution is -0.137. The molecule has 0 fully saturated rings. The van der Waals surface area contributed by atoms with Gasteiger partial charge in [0.25, 0.3) is 11.5 Å². The first kappa shape index (κ1) is 26.7. The molecule has 0 aliphatic heterocycles. The average Bonchev–Trinajstić information content (AvgIpc) is 2.81. The van der Waals surface area contributed by atoms with E-state index in [0.717, 1.165) is 29.0 Å². The third kappa shape index (κ3) is 5.65. The highest BCUT2D eigenvalue weighted by Gasteiger charge is 2.31. The number of hydrogen-bond donors (Lipinski definition) is 2. The third-order valence-electron chi connectivity index (χ3n) is 5.40. The van der Waals surface area contributed by atoms with Gasteiger partial charge in [-0.05, 0) is 55.8 Å². The number of aryl methyl sites for hydroxylation is 1. The number of alkyl halides is 3. The predicted molar refractivity (Wildman–Crippen MR) is 126 cm³/mol. The number of carbonyl (C=O) groups is 1. The topological polar surface area (TPSA) is 118 Å². The van der Waals surface area contributed by atoms with Gasteiger partial charge in [-0.1, -0.05) is 23.4 Å². The Bertz CT molecular complexity index is 1510. The lowest BCUT2D eigenvalue weighted by Gasteiger charge is -2.17. The Morgan fingerprint density at radius 3 is 2.31 bits per heavy atom. The van der Waals surface area contributed by atoms with Gasteiger partial charge in [-0.2, -0.15) is 13.2 Å². The number of oxime groups is 1. The lowest BCUT2D eigenvalue weighted by atomic mass is 10.0. The molecule has 1 amide bonds. The molecule has 0 atom stereocenters. The maximum absolute atomic E-state index is 13.4. The number of pyridine rings is 1. The van der Waals surface area contributed by atoms with Crippen molar-refractivity contribution >= 4 is 21.5 Å². The fraction of sp³-hybridized carbons (Fsp3) is 0.208. The molecule has 2 aromatic carbocycles. The van der Waals surface area contributed by atoms with Gasteiger partial charge in [0.2, 0.25) is 0 Å². The minimum Gasteiger partial charge on any atom is -0.411 e. The zero-order valence-corrected chi connectivity index (χ0v) is 20.2. The number of sulfone groups is 1. The van der Waals surface area contributed by atoms with E-state index in [1.807, 2.05) is 0 Å². The summed E-state index contributed by atoms with van der Waals surface area (Å²) in [7, 11) is -3.40. The summed E-state index contributed by atoms with van der Waals surface area (Å²) < 4.78 is 63.9. The molecule has 1 aromatic heterocycles. The van der Waals surface area contributed by atoms with Crippen molar-refractivity contribution in [3.05, 3.63) is 92.9 Å². The zero-order valence-electron chi connectivity index (χ0n) is 19.4. The lowest BCUT2D eigenvalue weighted by Crippen LogP contribution is -2.35. The predicted octanol–water partition coefficient (Wildman–Crippen LogP) is 3.70. The maximum Gasteiger partial charge on any atom is 0.416 e. The summed E-state index contributed by atoms with van der Waals surface area (Å²) in [6, 6.07) is 11.2. The van der Waals surface area contributed by atoms with E-state index in [9.17, 15) is 36.4 Å². The standard InChI is InChI=1S/C24H22F3N3O5S/c1-14-11-20(15(2)29-33)21(22(31)28-13-16-7-9-19(10-8-16)36(3,34)35)23(32)30(14)18-6-4-5-17(12-18)24(25,26)27/h4-12,33H,13H2,1-3H3,(H,28,31)/b29-15-. The van der Waals surface area contributed by atoms with Crippen molar-refractivity contribution in [1.82, 2.24) is 9.88 Å². The first-order valence-electron chi connectivity index (χ1n) is 10.4. The van der Waals surface area contributed by atoms with Crippen LogP contribution < -0.4 is 10.9 Å². The zero-order chi connectivity index (χ0) is 26.8. The summed E-state index contributed by atoms with van der Waals surface area (Å²) >= 11 is 0. The Morgan fingerprint density at radius 1 is 1.11 bits per heavy atom. The molecule has 3 rings (SSSR count). The Kier molecular flexibility index (Phi) is 7.39. The van der Waals surface area contributed by atoms with E-state index < -0.39 is 38.6 Å². The van der Waals surface area contributed by atoms with E-state index in [1.54, 1.807) is 0 Å². The number of rotatable bonds is 6. The van der Waals surface area contributed by atoms with Crippen LogP contribution in [0.25, 0.3) is 5.69 Å². The highest BCUT2D eigenvalue weighted by atomic mass is 32.2. The van der Waals surface area contributed by atoms with Crippen LogP contribution in [0.3, 0.4) is 0 Å². The number of nitrogens with zero attached hydrogens (tertiary/aromatic N) is 2. The second-order valence-corrected chi connectivity index (χ2v) is 10.1. The fourth-order valence-electron chi connectivity index (χ4n) is 3.56. The number of carbonyl (C=O) groups excluding carboxylic acids is 1. The fourth-order valence-corrected chi connectivity index (χ4v) is 4.19. The molecule has 36 heavy (non-hydrogen) atoms. The van der Waals surface area contributed by atoms with Gasteiger partial charge < -0.3 is 10.5 Å². The number of benzene rings is 2. The van der Waals surface area contributed by atoms with E-state index in [-0.39, 0.29) is 34.1 Å². The molecular formula is C24H22F3N3O5S. The first-order chi connectivity index (χ1) is 16.7. The van der Waals surface area contributed by atoms with E-state index in [2.05, 4.69) is 10.5 Å². The second kappa shape index (κ2) is 9.97. The molecule has 0 unspecified atom stereocenters. The van der Waals surface area contributed by atoms with E-state index in [0.29, 0.717) is 5.56 Å². The summed E-state index contributed by atoms with van der Waals surface area (Å²) in [6.45, 7) is 2.76. The number of amides is 1. The Labute approximate surface area is 204 Å². The summed E-state index contributed by atoms with van der Waals surface area (Å²) in [6.07, 6.45) is -3.58. The van der Waals surface area contributed by atoms with Crippen LogP contribution in [0.1, 0.15) is 39.7 Å². The van der Waals surface area contributed by atoms with Gasteiger partial charge in [0.05, 0.1) is 16.2 Å². The Hall–Kier alpha value is -3.93. The maximum atomic E-state index is 13.4. The van der Waals surface area contributed by atoms with Crippen LogP contribution in [-0.2, 0) is 22.6 Å². The Morgan fingerprint density at radius 2 is 1.75 bits per heavy atom. The van der Waals surface area contributed by atoms with Crippen LogP contribution in [0.5, 0.6) is 0 Å². The van der Waals surface area contributed by atoms with Crippen molar-refractivity contribution in [2.24, 2.45) is 5.16 Å². The van der Waals surface area contributed by atoms with E-state index in [4.69, 9.17) is 0 Å². The molecule has 3 aromatic rings. The van der Waals surface area contributed by atoms with Gasteiger partial charge in [-0.3, -0.25) is 14.2 Å². The molecule has 1 heterocycles. The number of hydrogen-bond acceptors (Lipinski definition) is 6. The largest absolute Gasteiger partial charge is 0.416 e. The SMILES string of the molecule is C/C(=N/O)c1cc(C)n(-c2cccc(C(F)(F)F)c2)c(=O)c1C(=O)NCc1ccc(S(C)(=O)=O)cc1. The van der Waals surface area contributed by atoms with Gasteiger partial charge in [-0.15, -0.1) is 0 Å². The number of aromatic nitrogens is 1.